The Bertz CT molecular complexity index is 487. The second kappa shape index (κ2) is 11.1. The number of hydrogen-bond donors (Lipinski definition) is 0. The van der Waals surface area contributed by atoms with E-state index in [9.17, 15) is 4.79 Å². The Balaban J connectivity index is 1.65. The van der Waals surface area contributed by atoms with Crippen LogP contribution in [-0.2, 0) is 9.53 Å². The van der Waals surface area contributed by atoms with E-state index in [1.807, 2.05) is 12.1 Å². The van der Waals surface area contributed by atoms with E-state index < -0.39 is 0 Å². The number of hydrogen-bond acceptors (Lipinski definition) is 3. The fraction of sp³-hybridized carbons (Fsp3) is 0.727. The summed E-state index contributed by atoms with van der Waals surface area (Å²) in [5.41, 5.74) is 0. The molecule has 138 valence electrons. The normalized spacial score (nSPS) is 30.4. The maximum Gasteiger partial charge on any atom is 0.309 e. The van der Waals surface area contributed by atoms with Crippen LogP contribution in [0.1, 0.15) is 77.6 Å². The molecule has 0 aromatic rings. The van der Waals surface area contributed by atoms with E-state index in [1.165, 1.54) is 38.2 Å². The molecule has 0 radical (unpaired) electrons. The molecular weight excluding hydrogens is 310 g/mol. The van der Waals surface area contributed by atoms with Crippen LogP contribution in [0.5, 0.6) is 0 Å². The maximum absolute atomic E-state index is 12.4. The summed E-state index contributed by atoms with van der Waals surface area (Å²) in [4.78, 5) is 12.4. The lowest BCUT2D eigenvalue weighted by Crippen LogP contribution is -2.29. The van der Waals surface area contributed by atoms with Crippen molar-refractivity contribution >= 4 is 5.97 Å². The maximum atomic E-state index is 12.4. The van der Waals surface area contributed by atoms with E-state index >= 15 is 0 Å². The van der Waals surface area contributed by atoms with Gasteiger partial charge in [-0.15, -0.1) is 0 Å². The fourth-order valence-electron chi connectivity index (χ4n) is 4.16. The second-order valence-electron chi connectivity index (χ2n) is 7.71. The highest BCUT2D eigenvalue weighted by Crippen LogP contribution is 2.34. The monoisotopic (exact) mass is 343 g/mol. The largest absolute Gasteiger partial charge is 0.462 e. The lowest BCUT2D eigenvalue weighted by atomic mass is 9.80. The second-order valence-corrected chi connectivity index (χ2v) is 7.71. The number of esters is 1. The number of nitriles is 1. The minimum absolute atomic E-state index is 0.0601. The molecule has 0 atom stereocenters. The van der Waals surface area contributed by atoms with Crippen molar-refractivity contribution in [3.8, 4) is 6.07 Å². The zero-order valence-electron chi connectivity index (χ0n) is 15.7. The van der Waals surface area contributed by atoms with Crippen LogP contribution >= 0.6 is 0 Å². The Morgan fingerprint density at radius 1 is 1.08 bits per heavy atom. The summed E-state index contributed by atoms with van der Waals surface area (Å²) >= 11 is 0. The average Bonchev–Trinajstić information content (AvgIpc) is 2.65. The molecule has 0 bridgehead atoms. The highest BCUT2D eigenvalue weighted by atomic mass is 16.5. The first-order chi connectivity index (χ1) is 12.2. The van der Waals surface area contributed by atoms with Gasteiger partial charge < -0.3 is 4.74 Å². The Labute approximate surface area is 153 Å². The Kier molecular flexibility index (Phi) is 8.80. The molecule has 2 aliphatic carbocycles. The number of carbonyl (C=O) groups excluding carboxylic acids is 1. The molecule has 0 unspecified atom stereocenters. The van der Waals surface area contributed by atoms with E-state index in [0.717, 1.165) is 44.4 Å². The molecule has 0 amide bonds. The molecule has 2 saturated carbocycles. The van der Waals surface area contributed by atoms with Crippen LogP contribution in [0, 0.1) is 29.1 Å². The third-order valence-electron chi connectivity index (χ3n) is 5.81. The van der Waals surface area contributed by atoms with Gasteiger partial charge in [-0.25, -0.2) is 0 Å². The minimum Gasteiger partial charge on any atom is -0.462 e. The van der Waals surface area contributed by atoms with Gasteiger partial charge in [-0.2, -0.15) is 5.26 Å². The molecule has 0 saturated heterocycles. The van der Waals surface area contributed by atoms with Gasteiger partial charge in [0.25, 0.3) is 0 Å². The van der Waals surface area contributed by atoms with Crippen molar-refractivity contribution in [2.75, 3.05) is 0 Å². The van der Waals surface area contributed by atoms with E-state index in [1.54, 1.807) is 6.08 Å². The van der Waals surface area contributed by atoms with Crippen molar-refractivity contribution in [2.24, 2.45) is 17.8 Å². The van der Waals surface area contributed by atoms with Gasteiger partial charge in [-0.3, -0.25) is 4.79 Å². The molecule has 0 spiro atoms. The first kappa shape index (κ1) is 19.8. The molecule has 0 N–H and O–H groups in total. The number of unbranched alkanes of at least 4 members (excludes halogenated alkanes) is 1. The van der Waals surface area contributed by atoms with Gasteiger partial charge >= 0.3 is 5.97 Å². The van der Waals surface area contributed by atoms with Gasteiger partial charge in [0.2, 0.25) is 0 Å². The standard InChI is InChI=1S/C22H33NO2/c1-2-3-7-18-9-13-20(14-10-18)22(24)25-21-15-11-19(12-16-21)8-5-4-6-17-23/h4-6,8,18-21H,2-3,7,9-16H2,1H3/b6-4?,8-5+. The van der Waals surface area contributed by atoms with Gasteiger partial charge in [0.15, 0.2) is 0 Å². The summed E-state index contributed by atoms with van der Waals surface area (Å²) in [6, 6.07) is 1.99. The summed E-state index contributed by atoms with van der Waals surface area (Å²) in [5, 5.41) is 8.46. The first-order valence-electron chi connectivity index (χ1n) is 10.2. The Hall–Kier alpha value is -1.56. The van der Waals surface area contributed by atoms with E-state index in [4.69, 9.17) is 10.00 Å². The van der Waals surface area contributed by atoms with Crippen molar-refractivity contribution < 1.29 is 9.53 Å². The summed E-state index contributed by atoms with van der Waals surface area (Å²) in [7, 11) is 0. The fourth-order valence-corrected chi connectivity index (χ4v) is 4.16. The van der Waals surface area contributed by atoms with Gasteiger partial charge in [0.1, 0.15) is 6.10 Å². The Morgan fingerprint density at radius 2 is 1.80 bits per heavy atom. The van der Waals surface area contributed by atoms with Crippen LogP contribution in [0.3, 0.4) is 0 Å². The summed E-state index contributed by atoms with van der Waals surface area (Å²) in [6.45, 7) is 2.25. The van der Waals surface area contributed by atoms with Crippen LogP contribution < -0.4 is 0 Å². The molecule has 2 fully saturated rings. The van der Waals surface area contributed by atoms with E-state index in [-0.39, 0.29) is 18.0 Å². The number of nitrogens with zero attached hydrogens (tertiary/aromatic N) is 1. The zero-order chi connectivity index (χ0) is 17.9. The van der Waals surface area contributed by atoms with Crippen molar-refractivity contribution in [2.45, 2.75) is 83.7 Å². The van der Waals surface area contributed by atoms with Crippen LogP contribution in [0.2, 0.25) is 0 Å². The molecule has 3 heteroatoms. The lowest BCUT2D eigenvalue weighted by Gasteiger charge is -2.31. The van der Waals surface area contributed by atoms with E-state index in [2.05, 4.69) is 13.0 Å². The van der Waals surface area contributed by atoms with Crippen LogP contribution in [0.4, 0.5) is 0 Å². The number of allylic oxidation sites excluding steroid dienone is 4. The third-order valence-corrected chi connectivity index (χ3v) is 5.81. The van der Waals surface area contributed by atoms with E-state index in [0.29, 0.717) is 5.92 Å². The minimum atomic E-state index is 0.0601. The Morgan fingerprint density at radius 3 is 2.44 bits per heavy atom. The summed E-state index contributed by atoms with van der Waals surface area (Å²) in [6.07, 6.45) is 20.0. The summed E-state index contributed by atoms with van der Waals surface area (Å²) < 4.78 is 5.82. The predicted octanol–water partition coefficient (Wildman–Crippen LogP) is 5.72. The van der Waals surface area contributed by atoms with Crippen molar-refractivity contribution in [3.63, 3.8) is 0 Å². The molecule has 0 heterocycles. The van der Waals surface area contributed by atoms with Gasteiger partial charge in [-0.1, -0.05) is 44.4 Å². The number of rotatable bonds is 7. The number of carbonyl (C=O) groups is 1. The number of ether oxygens (including phenoxy) is 1. The highest BCUT2D eigenvalue weighted by Gasteiger charge is 2.30. The van der Waals surface area contributed by atoms with Crippen molar-refractivity contribution in [3.05, 3.63) is 24.3 Å². The SMILES string of the molecule is CCCCC1CCC(C(=O)OC2CCC(/C=C/C=CC#N)CC2)CC1. The van der Waals surface area contributed by atoms with Gasteiger partial charge in [0.05, 0.1) is 12.0 Å². The zero-order valence-corrected chi connectivity index (χ0v) is 15.7. The molecule has 0 aromatic carbocycles. The average molecular weight is 344 g/mol. The van der Waals surface area contributed by atoms with Crippen molar-refractivity contribution in [1.29, 1.82) is 5.26 Å². The summed E-state index contributed by atoms with van der Waals surface area (Å²) in [5.74, 6) is 1.59. The van der Waals surface area contributed by atoms with Gasteiger partial charge in [0, 0.05) is 6.08 Å². The molecule has 2 aliphatic rings. The van der Waals surface area contributed by atoms with Gasteiger partial charge in [-0.05, 0) is 63.2 Å². The van der Waals surface area contributed by atoms with Crippen LogP contribution in [-0.4, -0.2) is 12.1 Å². The third kappa shape index (κ3) is 7.06. The molecule has 25 heavy (non-hydrogen) atoms. The van der Waals surface area contributed by atoms with Crippen LogP contribution in [0.25, 0.3) is 0 Å². The molecule has 3 nitrogen and oxygen atoms in total. The lowest BCUT2D eigenvalue weighted by molar-refractivity contribution is -0.157. The van der Waals surface area contributed by atoms with Crippen LogP contribution in [0.15, 0.2) is 24.3 Å². The quantitative estimate of drug-likeness (QED) is 0.337. The first-order valence-corrected chi connectivity index (χ1v) is 10.2. The smallest absolute Gasteiger partial charge is 0.309 e. The molecular formula is C22H33NO2. The molecule has 0 aromatic heterocycles. The van der Waals surface area contributed by atoms with Crippen molar-refractivity contribution in [1.82, 2.24) is 0 Å². The predicted molar refractivity (Wildman–Crippen MR) is 101 cm³/mol. The molecule has 2 rings (SSSR count). The molecule has 0 aliphatic heterocycles. The highest BCUT2D eigenvalue weighted by molar-refractivity contribution is 5.72. The topological polar surface area (TPSA) is 50.1 Å².